The summed E-state index contributed by atoms with van der Waals surface area (Å²) in [4.78, 5) is 19.6. The van der Waals surface area contributed by atoms with Gasteiger partial charge in [0, 0.05) is 17.9 Å². The lowest BCUT2D eigenvalue weighted by molar-refractivity contribution is -0.147. The van der Waals surface area contributed by atoms with Gasteiger partial charge in [0.2, 0.25) is 5.95 Å². The monoisotopic (exact) mass is 237 g/mol. The fraction of sp³-hybridized carbons (Fsp3) is 0.583. The smallest absolute Gasteiger partial charge is 0.311 e. The van der Waals surface area contributed by atoms with Crippen LogP contribution in [0.2, 0.25) is 0 Å². The molecule has 5 heteroatoms. The maximum absolute atomic E-state index is 11.1. The highest BCUT2D eigenvalue weighted by Crippen LogP contribution is 2.21. The zero-order valence-electron chi connectivity index (χ0n) is 10.7. The lowest BCUT2D eigenvalue weighted by atomic mass is 9.88. The second-order valence-electron chi connectivity index (χ2n) is 4.55. The van der Waals surface area contributed by atoms with E-state index in [0.29, 0.717) is 18.9 Å². The first-order valence-corrected chi connectivity index (χ1v) is 5.67. The van der Waals surface area contributed by atoms with Gasteiger partial charge in [-0.3, -0.25) is 4.79 Å². The van der Waals surface area contributed by atoms with Crippen LogP contribution in [-0.4, -0.2) is 27.6 Å². The predicted octanol–water partition coefficient (Wildman–Crippen LogP) is 2.01. The third kappa shape index (κ3) is 3.41. The standard InChI is InChI=1S/C12H19N3O2/c1-5-12(4,10(16)17)7-13-11-14-8(2)6-9(3)15-11/h6H,5,7H2,1-4H3,(H,16,17)(H,13,14,15). The average molecular weight is 237 g/mol. The highest BCUT2D eigenvalue weighted by atomic mass is 16.4. The molecule has 17 heavy (non-hydrogen) atoms. The Kier molecular flexibility index (Phi) is 4.04. The van der Waals surface area contributed by atoms with Crippen LogP contribution < -0.4 is 5.32 Å². The number of carbonyl (C=O) groups is 1. The van der Waals surface area contributed by atoms with Gasteiger partial charge in [0.05, 0.1) is 5.41 Å². The van der Waals surface area contributed by atoms with Crippen LogP contribution in [0.3, 0.4) is 0 Å². The minimum atomic E-state index is -0.808. The molecule has 0 saturated heterocycles. The predicted molar refractivity (Wildman–Crippen MR) is 66.0 cm³/mol. The van der Waals surface area contributed by atoms with E-state index in [0.717, 1.165) is 11.4 Å². The quantitative estimate of drug-likeness (QED) is 0.819. The van der Waals surface area contributed by atoms with Gasteiger partial charge in [0.25, 0.3) is 0 Å². The van der Waals surface area contributed by atoms with Crippen molar-refractivity contribution in [3.05, 3.63) is 17.5 Å². The van der Waals surface area contributed by atoms with Gasteiger partial charge in [-0.1, -0.05) is 6.92 Å². The Labute approximate surface area is 101 Å². The highest BCUT2D eigenvalue weighted by Gasteiger charge is 2.31. The molecule has 1 atom stereocenters. The molecule has 2 N–H and O–H groups in total. The molecular formula is C12H19N3O2. The van der Waals surface area contributed by atoms with Crippen LogP contribution in [0.1, 0.15) is 31.7 Å². The number of nitrogens with one attached hydrogen (secondary N) is 1. The zero-order valence-corrected chi connectivity index (χ0v) is 10.7. The number of anilines is 1. The maximum atomic E-state index is 11.1. The van der Waals surface area contributed by atoms with Crippen molar-refractivity contribution in [3.8, 4) is 0 Å². The molecule has 1 unspecified atom stereocenters. The first-order chi connectivity index (χ1) is 7.87. The van der Waals surface area contributed by atoms with Crippen molar-refractivity contribution in [2.24, 2.45) is 5.41 Å². The minimum absolute atomic E-state index is 0.321. The van der Waals surface area contributed by atoms with Crippen molar-refractivity contribution in [2.75, 3.05) is 11.9 Å². The third-order valence-electron chi connectivity index (χ3n) is 2.92. The summed E-state index contributed by atoms with van der Waals surface area (Å²) in [7, 11) is 0. The van der Waals surface area contributed by atoms with Crippen LogP contribution in [0.4, 0.5) is 5.95 Å². The van der Waals surface area contributed by atoms with E-state index in [-0.39, 0.29) is 0 Å². The molecule has 0 amide bonds. The molecule has 0 aromatic carbocycles. The van der Waals surface area contributed by atoms with E-state index in [4.69, 9.17) is 5.11 Å². The zero-order chi connectivity index (χ0) is 13.1. The van der Waals surface area contributed by atoms with Crippen LogP contribution in [-0.2, 0) is 4.79 Å². The largest absolute Gasteiger partial charge is 0.481 e. The van der Waals surface area contributed by atoms with E-state index in [1.54, 1.807) is 6.92 Å². The first kappa shape index (κ1) is 13.4. The Morgan fingerprint density at radius 2 is 1.94 bits per heavy atom. The summed E-state index contributed by atoms with van der Waals surface area (Å²) in [5, 5.41) is 12.1. The van der Waals surface area contributed by atoms with Gasteiger partial charge in [0.1, 0.15) is 0 Å². The van der Waals surface area contributed by atoms with Crippen LogP contribution >= 0.6 is 0 Å². The van der Waals surface area contributed by atoms with Crippen LogP contribution in [0.5, 0.6) is 0 Å². The molecule has 0 fully saturated rings. The van der Waals surface area contributed by atoms with E-state index in [1.807, 2.05) is 26.8 Å². The normalized spacial score (nSPS) is 14.1. The number of aromatic nitrogens is 2. The van der Waals surface area contributed by atoms with Crippen molar-refractivity contribution >= 4 is 11.9 Å². The minimum Gasteiger partial charge on any atom is -0.481 e. The number of nitrogens with zero attached hydrogens (tertiary/aromatic N) is 2. The Hall–Kier alpha value is -1.65. The fourth-order valence-electron chi connectivity index (χ4n) is 1.43. The number of aryl methyl sites for hydroxylation is 2. The van der Waals surface area contributed by atoms with Crippen molar-refractivity contribution < 1.29 is 9.90 Å². The molecule has 1 heterocycles. The van der Waals surface area contributed by atoms with Gasteiger partial charge in [-0.2, -0.15) is 0 Å². The summed E-state index contributed by atoms with van der Waals surface area (Å²) in [5.41, 5.74) is 0.947. The lowest BCUT2D eigenvalue weighted by Gasteiger charge is -2.23. The van der Waals surface area contributed by atoms with Gasteiger partial charge < -0.3 is 10.4 Å². The molecule has 0 aliphatic rings. The number of carboxylic acid groups (broad SMARTS) is 1. The average Bonchev–Trinajstić information content (AvgIpc) is 2.24. The summed E-state index contributed by atoms with van der Waals surface area (Å²) < 4.78 is 0. The Morgan fingerprint density at radius 3 is 2.35 bits per heavy atom. The summed E-state index contributed by atoms with van der Waals surface area (Å²) in [6.45, 7) is 7.66. The SMILES string of the molecule is CCC(C)(CNc1nc(C)cc(C)n1)C(=O)O. The van der Waals surface area contributed by atoms with E-state index in [2.05, 4.69) is 15.3 Å². The van der Waals surface area contributed by atoms with Gasteiger partial charge in [-0.25, -0.2) is 9.97 Å². The molecule has 0 saturated carbocycles. The molecule has 0 spiro atoms. The summed E-state index contributed by atoms with van der Waals surface area (Å²) >= 11 is 0. The molecule has 0 aliphatic heterocycles. The van der Waals surface area contributed by atoms with E-state index in [9.17, 15) is 4.79 Å². The van der Waals surface area contributed by atoms with Gasteiger partial charge in [-0.05, 0) is 33.3 Å². The molecule has 1 aromatic heterocycles. The Bertz CT molecular complexity index is 400. The molecule has 0 bridgehead atoms. The second kappa shape index (κ2) is 5.12. The molecule has 1 rings (SSSR count). The number of aliphatic carboxylic acids is 1. The molecule has 5 nitrogen and oxygen atoms in total. The second-order valence-corrected chi connectivity index (χ2v) is 4.55. The Morgan fingerprint density at radius 1 is 1.41 bits per heavy atom. The lowest BCUT2D eigenvalue weighted by Crippen LogP contribution is -2.34. The van der Waals surface area contributed by atoms with Crippen molar-refractivity contribution in [3.63, 3.8) is 0 Å². The number of hydrogen-bond acceptors (Lipinski definition) is 4. The van der Waals surface area contributed by atoms with Crippen molar-refractivity contribution in [1.82, 2.24) is 9.97 Å². The van der Waals surface area contributed by atoms with E-state index < -0.39 is 11.4 Å². The maximum Gasteiger partial charge on any atom is 0.311 e. The summed E-state index contributed by atoms with van der Waals surface area (Å²) in [5.74, 6) is -0.319. The van der Waals surface area contributed by atoms with Gasteiger partial charge >= 0.3 is 5.97 Å². The van der Waals surface area contributed by atoms with Crippen LogP contribution in [0.25, 0.3) is 0 Å². The first-order valence-electron chi connectivity index (χ1n) is 5.67. The Balaban J connectivity index is 2.76. The third-order valence-corrected chi connectivity index (χ3v) is 2.92. The van der Waals surface area contributed by atoms with Gasteiger partial charge in [-0.15, -0.1) is 0 Å². The van der Waals surface area contributed by atoms with E-state index in [1.165, 1.54) is 0 Å². The molecule has 94 valence electrons. The van der Waals surface area contributed by atoms with Crippen LogP contribution in [0, 0.1) is 19.3 Å². The number of carboxylic acids is 1. The fourth-order valence-corrected chi connectivity index (χ4v) is 1.43. The summed E-state index contributed by atoms with van der Waals surface area (Å²) in [6, 6.07) is 1.88. The van der Waals surface area contributed by atoms with Crippen LogP contribution in [0.15, 0.2) is 6.07 Å². The van der Waals surface area contributed by atoms with Crippen molar-refractivity contribution in [1.29, 1.82) is 0 Å². The van der Waals surface area contributed by atoms with E-state index >= 15 is 0 Å². The van der Waals surface area contributed by atoms with Gasteiger partial charge in [0.15, 0.2) is 0 Å². The molecule has 0 radical (unpaired) electrons. The molecule has 1 aromatic rings. The topological polar surface area (TPSA) is 75.1 Å². The highest BCUT2D eigenvalue weighted by molar-refractivity contribution is 5.74. The molecular weight excluding hydrogens is 218 g/mol. The number of rotatable bonds is 5. The van der Waals surface area contributed by atoms with Crippen molar-refractivity contribution in [2.45, 2.75) is 34.1 Å². The number of hydrogen-bond donors (Lipinski definition) is 2. The summed E-state index contributed by atoms with van der Waals surface area (Å²) in [6.07, 6.45) is 0.556. The molecule has 0 aliphatic carbocycles.